The molecule has 1 aromatic carbocycles. The monoisotopic (exact) mass is 360 g/mol. The molecule has 7 heteroatoms. The Morgan fingerprint density at radius 3 is 2.81 bits per heavy atom. The molecule has 144 valence electrons. The van der Waals surface area contributed by atoms with Gasteiger partial charge >= 0.3 is 0 Å². The zero-order valence-electron chi connectivity index (χ0n) is 16.2. The Labute approximate surface area is 156 Å². The first-order chi connectivity index (χ1) is 12.7. The number of aliphatic imine (C=N–C) groups is 1. The fourth-order valence-electron chi connectivity index (χ4n) is 2.82. The summed E-state index contributed by atoms with van der Waals surface area (Å²) in [6, 6.07) is 8.23. The quantitative estimate of drug-likeness (QED) is 0.362. The molecule has 7 nitrogen and oxygen atoms in total. The Morgan fingerprint density at radius 2 is 2.00 bits per heavy atom. The molecule has 1 heterocycles. The van der Waals surface area contributed by atoms with E-state index in [1.807, 2.05) is 18.5 Å². The summed E-state index contributed by atoms with van der Waals surface area (Å²) >= 11 is 0. The van der Waals surface area contributed by atoms with Crippen molar-refractivity contribution in [3.63, 3.8) is 0 Å². The second-order valence-corrected chi connectivity index (χ2v) is 6.36. The van der Waals surface area contributed by atoms with Gasteiger partial charge in [0.25, 0.3) is 0 Å². The predicted molar refractivity (Wildman–Crippen MR) is 108 cm³/mol. The van der Waals surface area contributed by atoms with E-state index in [0.717, 1.165) is 63.6 Å². The third-order valence-electron chi connectivity index (χ3n) is 4.29. The number of fused-ring (bicyclic) bond motifs is 1. The summed E-state index contributed by atoms with van der Waals surface area (Å²) in [7, 11) is 5.68. The molecule has 1 aromatic heterocycles. The maximum absolute atomic E-state index is 5.08. The molecule has 2 aromatic rings. The topological polar surface area (TPSA) is 66.7 Å². The molecule has 0 bridgehead atoms. The van der Waals surface area contributed by atoms with Gasteiger partial charge in [-0.2, -0.15) is 0 Å². The van der Waals surface area contributed by atoms with Crippen LogP contribution in [0.5, 0.6) is 0 Å². The van der Waals surface area contributed by atoms with Crippen molar-refractivity contribution in [3.05, 3.63) is 30.6 Å². The minimum Gasteiger partial charge on any atom is -0.385 e. The van der Waals surface area contributed by atoms with Crippen LogP contribution >= 0.6 is 0 Å². The minimum atomic E-state index is 0.813. The van der Waals surface area contributed by atoms with Crippen molar-refractivity contribution in [2.75, 3.05) is 54.0 Å². The Balaban J connectivity index is 1.61. The van der Waals surface area contributed by atoms with Crippen molar-refractivity contribution >= 4 is 17.0 Å². The lowest BCUT2D eigenvalue weighted by molar-refractivity contribution is 0.180. The lowest BCUT2D eigenvalue weighted by atomic mass is 10.3. The van der Waals surface area contributed by atoms with Crippen LogP contribution in [0, 0.1) is 0 Å². The third kappa shape index (κ3) is 6.65. The van der Waals surface area contributed by atoms with Gasteiger partial charge in [0, 0.05) is 53.5 Å². The van der Waals surface area contributed by atoms with E-state index in [2.05, 4.69) is 49.3 Å². The molecule has 0 radical (unpaired) electrons. The maximum Gasteiger partial charge on any atom is 0.191 e. The van der Waals surface area contributed by atoms with Crippen molar-refractivity contribution in [3.8, 4) is 0 Å². The smallest absolute Gasteiger partial charge is 0.191 e. The summed E-state index contributed by atoms with van der Waals surface area (Å²) in [4.78, 5) is 11.0. The summed E-state index contributed by atoms with van der Waals surface area (Å²) in [6.07, 6.45) is 3.98. The average molecular weight is 361 g/mol. The summed E-state index contributed by atoms with van der Waals surface area (Å²) in [6.45, 7) is 5.51. The van der Waals surface area contributed by atoms with Crippen LogP contribution in [0.2, 0.25) is 0 Å². The highest BCUT2D eigenvalue weighted by atomic mass is 16.5. The van der Waals surface area contributed by atoms with Gasteiger partial charge in [-0.25, -0.2) is 4.98 Å². The molecule has 0 aliphatic rings. The van der Waals surface area contributed by atoms with Gasteiger partial charge in [-0.1, -0.05) is 12.1 Å². The lowest BCUT2D eigenvalue weighted by Gasteiger charge is -2.18. The highest BCUT2D eigenvalue weighted by Gasteiger charge is 2.02. The number of aryl methyl sites for hydroxylation is 1. The molecule has 0 aliphatic carbocycles. The standard InChI is InChI=1S/C19H32N6O/c1-20-19(22-11-14-24(2)12-7-15-26-3)21-10-6-13-25-16-23-17-8-4-5-9-18(17)25/h4-5,8-9,16H,6-7,10-15H2,1-3H3,(H2,20,21,22). The summed E-state index contributed by atoms with van der Waals surface area (Å²) in [5.74, 6) is 0.853. The molecule has 0 saturated heterocycles. The molecule has 2 N–H and O–H groups in total. The van der Waals surface area contributed by atoms with E-state index in [1.165, 1.54) is 5.52 Å². The van der Waals surface area contributed by atoms with Crippen molar-refractivity contribution in [2.24, 2.45) is 4.99 Å². The second-order valence-electron chi connectivity index (χ2n) is 6.36. The number of guanidine groups is 1. The fraction of sp³-hybridized carbons (Fsp3) is 0.579. The summed E-state index contributed by atoms with van der Waals surface area (Å²) in [5, 5.41) is 6.73. The molecule has 0 unspecified atom stereocenters. The van der Waals surface area contributed by atoms with Gasteiger partial charge in [0.1, 0.15) is 0 Å². The number of rotatable bonds is 11. The van der Waals surface area contributed by atoms with Crippen molar-refractivity contribution in [2.45, 2.75) is 19.4 Å². The third-order valence-corrected chi connectivity index (χ3v) is 4.29. The Hall–Kier alpha value is -2.12. The number of methoxy groups -OCH3 is 1. The van der Waals surface area contributed by atoms with Crippen LogP contribution in [0.1, 0.15) is 12.8 Å². The number of nitrogens with one attached hydrogen (secondary N) is 2. The Kier molecular flexibility index (Phi) is 8.92. The van der Waals surface area contributed by atoms with Crippen LogP contribution in [-0.2, 0) is 11.3 Å². The first-order valence-corrected chi connectivity index (χ1v) is 9.26. The van der Waals surface area contributed by atoms with Crippen molar-refractivity contribution < 1.29 is 4.74 Å². The first-order valence-electron chi connectivity index (χ1n) is 9.26. The van der Waals surface area contributed by atoms with Crippen LogP contribution in [0.3, 0.4) is 0 Å². The van der Waals surface area contributed by atoms with Gasteiger partial charge in [0.15, 0.2) is 5.96 Å². The van der Waals surface area contributed by atoms with Crippen LogP contribution in [0.25, 0.3) is 11.0 Å². The number of likely N-dealkylation sites (N-methyl/N-ethyl adjacent to an activating group) is 1. The number of para-hydroxylation sites is 2. The van der Waals surface area contributed by atoms with Gasteiger partial charge in [0.2, 0.25) is 0 Å². The second kappa shape index (κ2) is 11.5. The average Bonchev–Trinajstić information content (AvgIpc) is 3.07. The molecular weight excluding hydrogens is 328 g/mol. The van der Waals surface area contributed by atoms with E-state index >= 15 is 0 Å². The van der Waals surface area contributed by atoms with E-state index in [4.69, 9.17) is 4.74 Å². The normalized spacial score (nSPS) is 12.1. The SMILES string of the molecule is CN=C(NCCCn1cnc2ccccc21)NCCN(C)CCCOC. The molecular formula is C19H32N6O. The van der Waals surface area contributed by atoms with Crippen molar-refractivity contribution in [1.82, 2.24) is 25.1 Å². The van der Waals surface area contributed by atoms with Gasteiger partial charge in [0.05, 0.1) is 17.4 Å². The van der Waals surface area contributed by atoms with Gasteiger partial charge in [-0.15, -0.1) is 0 Å². The molecule has 2 rings (SSSR count). The molecule has 0 aliphatic heterocycles. The van der Waals surface area contributed by atoms with Gasteiger partial charge in [-0.3, -0.25) is 4.99 Å². The van der Waals surface area contributed by atoms with Crippen LogP contribution in [0.4, 0.5) is 0 Å². The number of hydrogen-bond acceptors (Lipinski definition) is 4. The Morgan fingerprint density at radius 1 is 1.19 bits per heavy atom. The predicted octanol–water partition coefficient (Wildman–Crippen LogP) is 1.56. The number of hydrogen-bond donors (Lipinski definition) is 2. The number of imidazole rings is 1. The van der Waals surface area contributed by atoms with Gasteiger partial charge in [-0.05, 0) is 32.0 Å². The molecule has 26 heavy (non-hydrogen) atoms. The number of nitrogens with zero attached hydrogens (tertiary/aromatic N) is 4. The molecule has 0 saturated carbocycles. The molecule has 0 amide bonds. The first kappa shape index (κ1) is 20.2. The molecule has 0 fully saturated rings. The van der Waals surface area contributed by atoms with E-state index in [1.54, 1.807) is 14.2 Å². The number of benzene rings is 1. The van der Waals surface area contributed by atoms with Crippen molar-refractivity contribution in [1.29, 1.82) is 0 Å². The van der Waals surface area contributed by atoms with Crippen LogP contribution in [0.15, 0.2) is 35.6 Å². The highest BCUT2D eigenvalue weighted by molar-refractivity contribution is 5.79. The summed E-state index contributed by atoms with van der Waals surface area (Å²) in [5.41, 5.74) is 2.24. The fourth-order valence-corrected chi connectivity index (χ4v) is 2.82. The van der Waals surface area contributed by atoms with Gasteiger partial charge < -0.3 is 24.8 Å². The largest absolute Gasteiger partial charge is 0.385 e. The van der Waals surface area contributed by atoms with Crippen LogP contribution in [-0.4, -0.2) is 74.4 Å². The number of ether oxygens (including phenoxy) is 1. The highest BCUT2D eigenvalue weighted by Crippen LogP contribution is 2.11. The van der Waals surface area contributed by atoms with E-state index in [0.29, 0.717) is 0 Å². The van der Waals surface area contributed by atoms with E-state index in [-0.39, 0.29) is 0 Å². The molecule has 0 atom stereocenters. The van der Waals surface area contributed by atoms with Crippen LogP contribution < -0.4 is 10.6 Å². The maximum atomic E-state index is 5.08. The summed E-state index contributed by atoms with van der Waals surface area (Å²) < 4.78 is 7.28. The molecule has 0 spiro atoms. The number of aromatic nitrogens is 2. The Bertz CT molecular complexity index is 669. The minimum absolute atomic E-state index is 0.813. The zero-order chi connectivity index (χ0) is 18.6. The van der Waals surface area contributed by atoms with E-state index in [9.17, 15) is 0 Å². The van der Waals surface area contributed by atoms with E-state index < -0.39 is 0 Å². The zero-order valence-corrected chi connectivity index (χ0v) is 16.2. The lowest BCUT2D eigenvalue weighted by Crippen LogP contribution is -2.41.